The first-order chi connectivity index (χ1) is 35.1. The minimum Gasteiger partial charge on any atom is -0.724 e. The zero-order valence-electron chi connectivity index (χ0n) is 42.7. The van der Waals surface area contributed by atoms with Crippen molar-refractivity contribution < 1.29 is 133 Å². The minimum absolute atomic E-state index is 0. The predicted octanol–water partition coefficient (Wildman–Crippen LogP) is -4.30. The fourth-order valence-corrected chi connectivity index (χ4v) is 7.68. The van der Waals surface area contributed by atoms with Gasteiger partial charge in [0.2, 0.25) is 16.3 Å². The topological polar surface area (TPSA) is 393 Å². The molecule has 6 bridgehead atoms. The summed E-state index contributed by atoms with van der Waals surface area (Å²) in [5.74, 6) is 1.93. The van der Waals surface area contributed by atoms with Crippen LogP contribution in [0.4, 0.5) is 14.4 Å². The number of esters is 3. The summed E-state index contributed by atoms with van der Waals surface area (Å²) < 4.78 is 50.7. The number of piperidine rings is 3. The summed E-state index contributed by atoms with van der Waals surface area (Å²) in [4.78, 5) is 145. The fraction of sp³-hybridized carbons (Fsp3) is 0.619. The molecule has 35 heteroatoms. The Bertz CT molecular complexity index is 2320. The second kappa shape index (κ2) is 34.1. The number of hydroxylamine groups is 6. The number of urea groups is 3. The molecule has 0 spiro atoms. The third kappa shape index (κ3) is 19.2. The zero-order valence-corrected chi connectivity index (χ0v) is 46.3. The van der Waals surface area contributed by atoms with E-state index in [1.54, 1.807) is 13.8 Å². The Kier molecular flexibility index (Phi) is 31.5. The van der Waals surface area contributed by atoms with Gasteiger partial charge in [0.05, 0.1) is 65.6 Å². The molecule has 0 unspecified atom stereocenters. The van der Waals surface area contributed by atoms with Gasteiger partial charge in [0.15, 0.2) is 30.6 Å². The van der Waals surface area contributed by atoms with Crippen LogP contribution < -0.4 is 40.8 Å². The van der Waals surface area contributed by atoms with Crippen molar-refractivity contribution in [1.82, 2.24) is 35.2 Å². The number of carbonyl (C=O) groups excluding carboxylic acids is 10. The van der Waals surface area contributed by atoms with Gasteiger partial charge in [-0.05, 0) is 0 Å². The van der Waals surface area contributed by atoms with Gasteiger partial charge >= 0.3 is 65.6 Å². The maximum absolute atomic E-state index is 12.4. The van der Waals surface area contributed by atoms with E-state index in [2.05, 4.69) is 53.3 Å². The van der Waals surface area contributed by atoms with Gasteiger partial charge < -0.3 is 48.5 Å². The Hall–Kier alpha value is -5.88. The Labute approximate surface area is 471 Å². The van der Waals surface area contributed by atoms with Gasteiger partial charge in [0, 0.05) is 39.2 Å². The van der Waals surface area contributed by atoms with Crippen molar-refractivity contribution in [1.29, 1.82) is 0 Å². The molecule has 428 valence electrons. The van der Waals surface area contributed by atoms with Crippen LogP contribution >= 0.6 is 12.4 Å². The molecule has 6 aliphatic heterocycles. The molecule has 0 radical (unpaired) electrons. The van der Waals surface area contributed by atoms with Crippen LogP contribution in [0, 0.1) is 0 Å². The molecule has 0 aliphatic carbocycles. The van der Waals surface area contributed by atoms with E-state index in [1.807, 2.05) is 0 Å². The fourth-order valence-electron chi connectivity index (χ4n) is 7.32. The average molecular weight is 1150 g/mol. The van der Waals surface area contributed by atoms with Crippen molar-refractivity contribution in [2.24, 2.45) is 16.2 Å². The van der Waals surface area contributed by atoms with Gasteiger partial charge in [-0.15, -0.1) is 25.6 Å². The SMILES string of the molecule is C.C=CCON1C(=O)N2C[C@H]1C(=NOCC(=O)CC)C[C@H]2C(=O)OC.C=CCON1C(=O)N2C[C@H]1C(=O)C[C@H]2C(=O)OC.CCC(=O)CON=C1C[C@@H](C(=O)OC)N2C[C@@H]1N(OS(=O)(=O)[O-])C2=O.CNC(=O)CON.Cl.[Na+]. The molecule has 0 aromatic carbocycles. The molecule has 6 heterocycles. The first-order valence-electron chi connectivity index (χ1n) is 22.2. The van der Waals surface area contributed by atoms with Crippen LogP contribution in [-0.2, 0) is 86.6 Å². The van der Waals surface area contributed by atoms with E-state index in [0.717, 1.165) is 22.1 Å². The van der Waals surface area contributed by atoms with E-state index in [9.17, 15) is 60.9 Å². The number of Topliss-reactive ketones (excluding diaryl/α,β-unsaturated/α-hetero) is 3. The van der Waals surface area contributed by atoms with E-state index in [4.69, 9.17) is 24.1 Å². The summed E-state index contributed by atoms with van der Waals surface area (Å²) in [6, 6.07) is -6.79. The summed E-state index contributed by atoms with van der Waals surface area (Å²) in [6.07, 6.45) is 3.58. The number of hydrogen-bond acceptors (Lipinski definition) is 25. The van der Waals surface area contributed by atoms with Crippen molar-refractivity contribution in [2.45, 2.75) is 89.6 Å². The van der Waals surface area contributed by atoms with Gasteiger partial charge in [0.1, 0.15) is 42.9 Å². The van der Waals surface area contributed by atoms with E-state index in [1.165, 1.54) is 43.2 Å². The molecule has 0 aromatic heterocycles. The predicted molar refractivity (Wildman–Crippen MR) is 258 cm³/mol. The van der Waals surface area contributed by atoms with Crippen LogP contribution in [0.5, 0.6) is 0 Å². The van der Waals surface area contributed by atoms with Crippen LogP contribution in [-0.4, -0.2) is 231 Å². The van der Waals surface area contributed by atoms with Crippen LogP contribution in [0.25, 0.3) is 0 Å². The monoisotopic (exact) mass is 1150 g/mol. The van der Waals surface area contributed by atoms with E-state index >= 15 is 0 Å². The number of ether oxygens (including phenoxy) is 3. The number of halogens is 1. The number of rotatable bonds is 21. The number of nitrogens with two attached hydrogens (primary N) is 1. The maximum Gasteiger partial charge on any atom is 1.00 e. The third-order valence-corrected chi connectivity index (χ3v) is 11.4. The number of ketones is 3. The largest absolute Gasteiger partial charge is 1.00 e. The van der Waals surface area contributed by atoms with Gasteiger partial charge in [-0.3, -0.25) is 33.7 Å². The molecule has 0 aromatic rings. The summed E-state index contributed by atoms with van der Waals surface area (Å²) >= 11 is 0. The second-order valence-corrected chi connectivity index (χ2v) is 16.6. The first-order valence-corrected chi connectivity index (χ1v) is 23.6. The number of hydrogen-bond donors (Lipinski definition) is 2. The molecule has 77 heavy (non-hydrogen) atoms. The normalized spacial score (nSPS) is 22.5. The standard InChI is InChI=1S/C15H21N3O6.C12H17N3O9S.C11H14N2O5.C3H8N2O2.CH4.ClH.Na/c1-4-6-24-18-13-8-17(15(18)21)12(14(20)22-3)7-11(13)16-23-9-10(19)5-2;1-3-7(16)6-23-13-8-4-9(11(17)22-2)14-5-10(8)15(12(14)18)24-25(19,20)21;1-3-4-18-13-8-6-12(11(13)16)7(5-9(8)14)10(15)17-2;1-5-3(6)2-7-4;;;/h4,12-13H,1,5-9H2,2-3H3;9-10H,3-6H2,1-2H3,(H,19,20,21);3,7-8H,1,4-6H2,2H3;2,4H2,1H3,(H,5,6);1H4;1H;/q;;;;;;+1/p-1/t12-,13-;9-,10-;7-,8-;;;;/m000..../s1. The zero-order chi connectivity index (χ0) is 55.4. The van der Waals surface area contributed by atoms with E-state index in [-0.39, 0.29) is 157 Å². The van der Waals surface area contributed by atoms with Crippen LogP contribution in [0.15, 0.2) is 35.6 Å². The third-order valence-electron chi connectivity index (χ3n) is 11.1. The number of carbonyl (C=O) groups is 10. The summed E-state index contributed by atoms with van der Waals surface area (Å²) in [6.45, 7) is 10.3. The van der Waals surface area contributed by atoms with Gasteiger partial charge in [0.25, 0.3) is 0 Å². The Balaban J connectivity index is 0.00000105. The molecule has 3 N–H and O–H groups in total. The Morgan fingerprint density at radius 3 is 1.38 bits per heavy atom. The average Bonchev–Trinajstić information content (AvgIpc) is 3.93. The maximum atomic E-state index is 12.4. The Morgan fingerprint density at radius 2 is 1.04 bits per heavy atom. The number of amides is 7. The molecule has 6 atom stereocenters. The van der Waals surface area contributed by atoms with Crippen molar-refractivity contribution in [3.8, 4) is 0 Å². The number of likely N-dealkylation sites (N-methyl/N-ethyl adjacent to an activating group) is 1. The summed E-state index contributed by atoms with van der Waals surface area (Å²) in [7, 11) is -0.0969. The van der Waals surface area contributed by atoms with Crippen molar-refractivity contribution >= 4 is 93.5 Å². The number of methoxy groups -OCH3 is 3. The number of oxime groups is 2. The van der Waals surface area contributed by atoms with Crippen molar-refractivity contribution in [3.05, 3.63) is 25.3 Å². The second-order valence-electron chi connectivity index (χ2n) is 15.7. The van der Waals surface area contributed by atoms with Crippen LogP contribution in [0.2, 0.25) is 0 Å². The molecule has 6 aliphatic rings. The quantitative estimate of drug-likeness (QED) is 0.0209. The molecule has 6 saturated heterocycles. The molecular formula is C42H64ClN10NaO22S. The smallest absolute Gasteiger partial charge is 0.724 e. The number of nitrogens with zero attached hydrogens (tertiary/aromatic N) is 8. The van der Waals surface area contributed by atoms with Crippen molar-refractivity contribution in [2.75, 3.05) is 81.0 Å². The summed E-state index contributed by atoms with van der Waals surface area (Å²) in [5, 5.41) is 12.5. The molecular weight excluding hydrogens is 1090 g/mol. The minimum atomic E-state index is -5.22. The number of fused-ring (bicyclic) bond motifs is 6. The van der Waals surface area contributed by atoms with Gasteiger partial charge in [-0.25, -0.2) is 43.1 Å². The van der Waals surface area contributed by atoms with Gasteiger partial charge in [-0.2, -0.15) is 19.5 Å². The molecule has 32 nitrogen and oxygen atoms in total. The molecule has 7 amide bonds. The van der Waals surface area contributed by atoms with Crippen LogP contribution in [0.3, 0.4) is 0 Å². The van der Waals surface area contributed by atoms with Crippen LogP contribution in [0.1, 0.15) is 53.4 Å². The van der Waals surface area contributed by atoms with Gasteiger partial charge in [-0.1, -0.05) is 43.7 Å². The van der Waals surface area contributed by atoms with E-state index < -0.39 is 82.7 Å². The molecule has 0 saturated carbocycles. The first kappa shape index (κ1) is 71.1. The molecule has 6 rings (SSSR count). The summed E-state index contributed by atoms with van der Waals surface area (Å²) in [5.41, 5.74) is 0.533. The van der Waals surface area contributed by atoms with E-state index in [0.29, 0.717) is 17.2 Å². The van der Waals surface area contributed by atoms with Crippen molar-refractivity contribution in [3.63, 3.8) is 0 Å². The Morgan fingerprint density at radius 1 is 0.675 bits per heavy atom. The molecule has 6 fully saturated rings. The number of nitrogens with one attached hydrogen (secondary N) is 1.